The maximum atomic E-state index is 13.7. The van der Waals surface area contributed by atoms with Gasteiger partial charge in [-0.15, -0.1) is 12.4 Å². The molecule has 0 radical (unpaired) electrons. The molecule has 2 aromatic rings. The molecule has 3 N–H and O–H groups in total. The molecule has 0 unspecified atom stereocenters. The molecule has 134 valence electrons. The highest BCUT2D eigenvalue weighted by molar-refractivity contribution is 7.89. The number of hydrogen-bond acceptors (Lipinski definition) is 4. The maximum Gasteiger partial charge on any atom is 0.243 e. The summed E-state index contributed by atoms with van der Waals surface area (Å²) in [6.45, 7) is 3.95. The van der Waals surface area contributed by atoms with Gasteiger partial charge in [0.15, 0.2) is 0 Å². The minimum atomic E-state index is -3.75. The third kappa shape index (κ3) is 4.54. The summed E-state index contributed by atoms with van der Waals surface area (Å²) in [6, 6.07) is 6.01. The molecular formula is C15H22ClFN4O2S. The van der Waals surface area contributed by atoms with Crippen LogP contribution in [0.25, 0.3) is 5.69 Å². The van der Waals surface area contributed by atoms with Crippen molar-refractivity contribution in [3.8, 4) is 5.69 Å². The van der Waals surface area contributed by atoms with Crippen molar-refractivity contribution in [3.63, 3.8) is 0 Å². The number of benzene rings is 1. The number of nitrogens with two attached hydrogens (primary N) is 1. The lowest BCUT2D eigenvalue weighted by Crippen LogP contribution is -2.49. The van der Waals surface area contributed by atoms with Crippen LogP contribution in [0.1, 0.15) is 26.7 Å². The predicted octanol–water partition coefficient (Wildman–Crippen LogP) is 2.23. The topological polar surface area (TPSA) is 90.0 Å². The van der Waals surface area contributed by atoms with Crippen LogP contribution in [0.5, 0.6) is 0 Å². The fraction of sp³-hybridized carbons (Fsp3) is 0.400. The molecule has 24 heavy (non-hydrogen) atoms. The average molecular weight is 377 g/mol. The fourth-order valence-electron chi connectivity index (χ4n) is 2.04. The van der Waals surface area contributed by atoms with Gasteiger partial charge in [0, 0.05) is 12.1 Å². The number of rotatable bonds is 7. The molecule has 0 amide bonds. The summed E-state index contributed by atoms with van der Waals surface area (Å²) >= 11 is 0. The summed E-state index contributed by atoms with van der Waals surface area (Å²) in [7, 11) is -3.75. The normalized spacial score (nSPS) is 12.0. The van der Waals surface area contributed by atoms with Crippen molar-refractivity contribution >= 4 is 22.4 Å². The first-order valence-electron chi connectivity index (χ1n) is 7.39. The molecule has 0 saturated carbocycles. The van der Waals surface area contributed by atoms with E-state index in [2.05, 4.69) is 9.82 Å². The van der Waals surface area contributed by atoms with Gasteiger partial charge < -0.3 is 5.73 Å². The van der Waals surface area contributed by atoms with Crippen molar-refractivity contribution in [1.29, 1.82) is 0 Å². The predicted molar refractivity (Wildman–Crippen MR) is 93.5 cm³/mol. The second kappa shape index (κ2) is 8.06. The first-order chi connectivity index (χ1) is 10.8. The van der Waals surface area contributed by atoms with Crippen LogP contribution in [0.4, 0.5) is 4.39 Å². The van der Waals surface area contributed by atoms with Gasteiger partial charge in [-0.2, -0.15) is 5.10 Å². The first-order valence-corrected chi connectivity index (χ1v) is 8.88. The molecule has 0 spiro atoms. The quantitative estimate of drug-likeness (QED) is 0.775. The Hall–Kier alpha value is -1.48. The minimum absolute atomic E-state index is 0. The molecule has 1 aromatic carbocycles. The van der Waals surface area contributed by atoms with E-state index >= 15 is 0 Å². The Kier molecular flexibility index (Phi) is 6.91. The Balaban J connectivity index is 0.00000288. The number of sulfonamides is 1. The zero-order valence-electron chi connectivity index (χ0n) is 13.6. The van der Waals surface area contributed by atoms with Crippen molar-refractivity contribution in [2.45, 2.75) is 37.1 Å². The average Bonchev–Trinajstić information content (AvgIpc) is 3.04. The van der Waals surface area contributed by atoms with Crippen LogP contribution in [0.2, 0.25) is 0 Å². The Bertz CT molecular complexity index is 775. The van der Waals surface area contributed by atoms with Crippen LogP contribution in [0, 0.1) is 5.82 Å². The number of hydrogen-bond donors (Lipinski definition) is 2. The van der Waals surface area contributed by atoms with E-state index in [9.17, 15) is 12.8 Å². The van der Waals surface area contributed by atoms with Crippen LogP contribution in [0.15, 0.2) is 41.6 Å². The van der Waals surface area contributed by atoms with Gasteiger partial charge in [-0.05, 0) is 25.0 Å². The largest absolute Gasteiger partial charge is 0.324 e. The van der Waals surface area contributed by atoms with Crippen LogP contribution in [-0.2, 0) is 10.0 Å². The van der Waals surface area contributed by atoms with Gasteiger partial charge in [0.2, 0.25) is 10.0 Å². The molecule has 0 aliphatic carbocycles. The van der Waals surface area contributed by atoms with Gasteiger partial charge in [0.25, 0.3) is 0 Å². The van der Waals surface area contributed by atoms with Crippen LogP contribution < -0.4 is 10.5 Å². The van der Waals surface area contributed by atoms with Crippen molar-refractivity contribution in [3.05, 3.63) is 42.5 Å². The maximum absolute atomic E-state index is 13.7. The fourth-order valence-corrected chi connectivity index (χ4v) is 3.11. The van der Waals surface area contributed by atoms with E-state index in [1.165, 1.54) is 29.2 Å². The molecular weight excluding hydrogens is 355 g/mol. The molecule has 0 aliphatic heterocycles. The number of aromatic nitrogens is 2. The lowest BCUT2D eigenvalue weighted by molar-refractivity contribution is 0.392. The molecule has 2 rings (SSSR count). The SMILES string of the molecule is CCC(N)(CC)CNS(=O)(=O)c1cnn(-c2ccccc2F)c1.Cl. The van der Waals surface area contributed by atoms with E-state index in [0.717, 1.165) is 0 Å². The van der Waals surface area contributed by atoms with E-state index in [-0.39, 0.29) is 29.5 Å². The Morgan fingerprint density at radius 1 is 1.29 bits per heavy atom. The van der Waals surface area contributed by atoms with Gasteiger partial charge in [-0.1, -0.05) is 26.0 Å². The van der Waals surface area contributed by atoms with E-state index in [1.54, 1.807) is 12.1 Å². The van der Waals surface area contributed by atoms with Gasteiger partial charge in [0.05, 0.1) is 12.4 Å². The van der Waals surface area contributed by atoms with Crippen molar-refractivity contribution < 1.29 is 12.8 Å². The zero-order valence-corrected chi connectivity index (χ0v) is 15.2. The Labute approximate surface area is 147 Å². The Morgan fingerprint density at radius 3 is 2.50 bits per heavy atom. The molecule has 6 nitrogen and oxygen atoms in total. The minimum Gasteiger partial charge on any atom is -0.324 e. The summed E-state index contributed by atoms with van der Waals surface area (Å²) in [4.78, 5) is -0.0321. The van der Waals surface area contributed by atoms with Crippen LogP contribution >= 0.6 is 12.4 Å². The zero-order chi connectivity index (χ0) is 17.1. The second-order valence-electron chi connectivity index (χ2n) is 5.47. The molecule has 0 fully saturated rings. The van der Waals surface area contributed by atoms with Gasteiger partial charge in [-0.25, -0.2) is 22.2 Å². The second-order valence-corrected chi connectivity index (χ2v) is 7.23. The summed E-state index contributed by atoms with van der Waals surface area (Å²) in [5, 5.41) is 3.92. The number of para-hydroxylation sites is 1. The van der Waals surface area contributed by atoms with Crippen molar-refractivity contribution in [2.75, 3.05) is 6.54 Å². The van der Waals surface area contributed by atoms with Crippen LogP contribution in [-0.4, -0.2) is 30.3 Å². The van der Waals surface area contributed by atoms with Crippen molar-refractivity contribution in [1.82, 2.24) is 14.5 Å². The number of nitrogens with zero attached hydrogens (tertiary/aromatic N) is 2. The summed E-state index contributed by atoms with van der Waals surface area (Å²) in [6.07, 6.45) is 3.77. The summed E-state index contributed by atoms with van der Waals surface area (Å²) in [5.74, 6) is -0.481. The monoisotopic (exact) mass is 376 g/mol. The molecule has 0 bridgehead atoms. The van der Waals surface area contributed by atoms with Crippen molar-refractivity contribution in [2.24, 2.45) is 5.73 Å². The lowest BCUT2D eigenvalue weighted by atomic mass is 9.95. The van der Waals surface area contributed by atoms with Gasteiger partial charge in [-0.3, -0.25) is 0 Å². The molecule has 9 heteroatoms. The van der Waals surface area contributed by atoms with Gasteiger partial charge in [0.1, 0.15) is 16.4 Å². The molecule has 0 atom stereocenters. The number of halogens is 2. The molecule has 0 saturated heterocycles. The first kappa shape index (κ1) is 20.6. The summed E-state index contributed by atoms with van der Waals surface area (Å²) < 4.78 is 42.1. The van der Waals surface area contributed by atoms with E-state index in [1.807, 2.05) is 13.8 Å². The molecule has 1 aromatic heterocycles. The third-order valence-corrected chi connectivity index (χ3v) is 5.35. The van der Waals surface area contributed by atoms with Crippen LogP contribution in [0.3, 0.4) is 0 Å². The van der Waals surface area contributed by atoms with E-state index in [0.29, 0.717) is 12.8 Å². The highest BCUT2D eigenvalue weighted by atomic mass is 35.5. The van der Waals surface area contributed by atoms with Gasteiger partial charge >= 0.3 is 0 Å². The third-order valence-electron chi connectivity index (χ3n) is 3.99. The highest BCUT2D eigenvalue weighted by Crippen LogP contribution is 2.16. The standard InChI is InChI=1S/C15H21FN4O2S.ClH/c1-3-15(17,4-2)11-19-23(21,22)12-9-18-20(10-12)14-8-6-5-7-13(14)16;/h5-10,19H,3-4,11,17H2,1-2H3;1H. The molecule has 1 heterocycles. The number of nitrogens with one attached hydrogen (secondary N) is 1. The lowest BCUT2D eigenvalue weighted by Gasteiger charge is -2.26. The van der Waals surface area contributed by atoms with E-state index < -0.39 is 21.4 Å². The van der Waals surface area contributed by atoms with E-state index in [4.69, 9.17) is 5.73 Å². The Morgan fingerprint density at radius 2 is 1.92 bits per heavy atom. The summed E-state index contributed by atoms with van der Waals surface area (Å²) in [5.41, 5.74) is 5.70. The molecule has 0 aliphatic rings. The highest BCUT2D eigenvalue weighted by Gasteiger charge is 2.25. The smallest absolute Gasteiger partial charge is 0.243 e.